The number of anilines is 1. The van der Waals surface area contributed by atoms with Gasteiger partial charge in [0, 0.05) is 18.7 Å². The summed E-state index contributed by atoms with van der Waals surface area (Å²) in [6, 6.07) is 3.03. The van der Waals surface area contributed by atoms with Gasteiger partial charge >= 0.3 is 12.2 Å². The first-order valence-electron chi connectivity index (χ1n) is 10.1. The molecule has 11 heteroatoms. The number of nitrogens with zero attached hydrogens (tertiary/aromatic N) is 2. The minimum absolute atomic E-state index is 0.109. The maximum absolute atomic E-state index is 12.9. The fourth-order valence-electron chi connectivity index (χ4n) is 2.31. The Morgan fingerprint density at radius 1 is 1.12 bits per heavy atom. The van der Waals surface area contributed by atoms with Crippen molar-refractivity contribution < 1.29 is 32.8 Å². The summed E-state index contributed by atoms with van der Waals surface area (Å²) in [4.78, 5) is 38.8. The summed E-state index contributed by atoms with van der Waals surface area (Å²) in [5.41, 5.74) is -1.00. The third-order valence-corrected chi connectivity index (χ3v) is 4.71. The summed E-state index contributed by atoms with van der Waals surface area (Å²) in [5.74, 6) is 0.171. The van der Waals surface area contributed by atoms with E-state index in [0.717, 1.165) is 6.29 Å². The van der Waals surface area contributed by atoms with Crippen molar-refractivity contribution in [1.82, 2.24) is 4.98 Å². The maximum atomic E-state index is 12.9. The van der Waals surface area contributed by atoms with Crippen LogP contribution in [0.5, 0.6) is 5.88 Å². The molecule has 1 atom stereocenters. The van der Waals surface area contributed by atoms with Crippen LogP contribution in [0.25, 0.3) is 0 Å². The topological polar surface area (TPSA) is 133 Å². The molecule has 0 aliphatic carbocycles. The first kappa shape index (κ1) is 27.3. The molecule has 10 nitrogen and oxygen atoms in total. The van der Waals surface area contributed by atoms with Crippen molar-refractivity contribution in [2.45, 2.75) is 71.3 Å². The predicted octanol–water partition coefficient (Wildman–Crippen LogP) is 4.32. The number of amides is 2. The smallest absolute Gasteiger partial charge is 0.442 e. The highest BCUT2D eigenvalue weighted by Crippen LogP contribution is 2.21. The number of aldehydes is 1. The third kappa shape index (κ3) is 12.2. The summed E-state index contributed by atoms with van der Waals surface area (Å²) in [7, 11) is -3.00. The van der Waals surface area contributed by atoms with Gasteiger partial charge in [0.2, 0.25) is 5.88 Å². The molecule has 2 amide bonds. The highest BCUT2D eigenvalue weighted by molar-refractivity contribution is 7.92. The largest absolute Gasteiger partial charge is 0.478 e. The van der Waals surface area contributed by atoms with Crippen LogP contribution in [0.2, 0.25) is 0 Å². The van der Waals surface area contributed by atoms with Crippen LogP contribution in [-0.2, 0) is 29.8 Å². The highest BCUT2D eigenvalue weighted by atomic mass is 32.2. The molecule has 180 valence electrons. The second-order valence-electron chi connectivity index (χ2n) is 9.16. The first-order chi connectivity index (χ1) is 14.6. The molecule has 0 aliphatic heterocycles. The summed E-state index contributed by atoms with van der Waals surface area (Å²) in [6.45, 7) is 10.5. The SMILES string of the molecule is CC(C)(C)OC(=O)N=S(C)(=O)Cc1cc(NC(=O)OC(C)(C)C)nc(OCCCC=O)c1. The van der Waals surface area contributed by atoms with E-state index in [-0.39, 0.29) is 24.1 Å². The molecule has 0 fully saturated rings. The number of hydrogen-bond acceptors (Lipinski definition) is 8. The lowest BCUT2D eigenvalue weighted by Gasteiger charge is -2.20. The van der Waals surface area contributed by atoms with Crippen molar-refractivity contribution in [1.29, 1.82) is 0 Å². The van der Waals surface area contributed by atoms with Crippen LogP contribution < -0.4 is 10.1 Å². The molecule has 1 unspecified atom stereocenters. The molecular weight excluding hydrogens is 438 g/mol. The zero-order valence-corrected chi connectivity index (χ0v) is 20.5. The van der Waals surface area contributed by atoms with Crippen LogP contribution in [-0.4, -0.2) is 51.7 Å². The monoisotopic (exact) mass is 471 g/mol. The number of aromatic nitrogens is 1. The van der Waals surface area contributed by atoms with Gasteiger partial charge in [-0.05, 0) is 59.6 Å². The number of unbranched alkanes of at least 4 members (excludes halogenated alkanes) is 1. The Kier molecular flexibility index (Phi) is 9.62. The quantitative estimate of drug-likeness (QED) is 0.438. The van der Waals surface area contributed by atoms with Crippen molar-refractivity contribution in [3.63, 3.8) is 0 Å². The lowest BCUT2D eigenvalue weighted by molar-refractivity contribution is -0.108. The van der Waals surface area contributed by atoms with Crippen LogP contribution >= 0.6 is 0 Å². The molecule has 0 saturated heterocycles. The number of carbonyl (C=O) groups is 3. The molecular formula is C21H33N3O7S. The average Bonchev–Trinajstić information content (AvgIpc) is 2.53. The van der Waals surface area contributed by atoms with Crippen molar-refractivity contribution in [2.75, 3.05) is 18.2 Å². The van der Waals surface area contributed by atoms with E-state index in [1.165, 1.54) is 18.4 Å². The molecule has 0 saturated carbocycles. The van der Waals surface area contributed by atoms with Crippen molar-refractivity contribution in [2.24, 2.45) is 4.36 Å². The fraction of sp³-hybridized carbons (Fsp3) is 0.619. The van der Waals surface area contributed by atoms with E-state index in [1.807, 2.05) is 0 Å². The van der Waals surface area contributed by atoms with E-state index >= 15 is 0 Å². The molecule has 0 bridgehead atoms. The maximum Gasteiger partial charge on any atom is 0.442 e. The normalized spacial score (nSPS) is 13.5. The van der Waals surface area contributed by atoms with Crippen LogP contribution in [0.1, 0.15) is 59.9 Å². The standard InChI is InChI=1S/C21H33N3O7S/c1-20(2,3)30-18(26)23-16-12-15(13-17(22-16)29-11-9-8-10-25)14-32(7,28)24-19(27)31-21(4,5)6/h10,12-13H,8-9,11,14H2,1-7H3,(H,22,23,26). The van der Waals surface area contributed by atoms with Gasteiger partial charge in [0.1, 0.15) is 23.3 Å². The minimum Gasteiger partial charge on any atom is -0.478 e. The molecule has 1 heterocycles. The van der Waals surface area contributed by atoms with E-state index in [1.54, 1.807) is 41.5 Å². The number of carbonyl (C=O) groups excluding carboxylic acids is 3. The van der Waals surface area contributed by atoms with Crippen molar-refractivity contribution in [3.8, 4) is 5.88 Å². The Labute approximate surface area is 189 Å². The van der Waals surface area contributed by atoms with Gasteiger partial charge in [0.05, 0.1) is 22.1 Å². The molecule has 1 aromatic heterocycles. The second kappa shape index (κ2) is 11.3. The average molecular weight is 472 g/mol. The fourth-order valence-corrected chi connectivity index (χ4v) is 3.51. The highest BCUT2D eigenvalue weighted by Gasteiger charge is 2.19. The van der Waals surface area contributed by atoms with Gasteiger partial charge in [-0.25, -0.2) is 13.8 Å². The molecule has 0 aromatic carbocycles. The molecule has 32 heavy (non-hydrogen) atoms. The van der Waals surface area contributed by atoms with Crippen molar-refractivity contribution in [3.05, 3.63) is 17.7 Å². The summed E-state index contributed by atoms with van der Waals surface area (Å²) in [5, 5.41) is 2.51. The van der Waals surface area contributed by atoms with E-state index in [2.05, 4.69) is 14.7 Å². The Bertz CT molecular complexity index is 940. The molecule has 0 aliphatic rings. The molecule has 1 N–H and O–H groups in total. The van der Waals surface area contributed by atoms with Gasteiger partial charge < -0.3 is 19.0 Å². The van der Waals surface area contributed by atoms with Gasteiger partial charge in [-0.15, -0.1) is 4.36 Å². The van der Waals surface area contributed by atoms with Gasteiger partial charge in [0.15, 0.2) is 0 Å². The summed E-state index contributed by atoms with van der Waals surface area (Å²) < 4.78 is 32.5. The van der Waals surface area contributed by atoms with Crippen LogP contribution in [0.4, 0.5) is 15.4 Å². The third-order valence-electron chi connectivity index (χ3n) is 3.30. The zero-order chi connectivity index (χ0) is 24.6. The lowest BCUT2D eigenvalue weighted by atomic mass is 10.2. The van der Waals surface area contributed by atoms with Gasteiger partial charge in [-0.2, -0.15) is 4.98 Å². The van der Waals surface area contributed by atoms with E-state index < -0.39 is 33.1 Å². The van der Waals surface area contributed by atoms with E-state index in [0.29, 0.717) is 18.4 Å². The Morgan fingerprint density at radius 3 is 2.31 bits per heavy atom. The number of hydrogen-bond donors (Lipinski definition) is 1. The summed E-state index contributed by atoms with van der Waals surface area (Å²) >= 11 is 0. The van der Waals surface area contributed by atoms with Gasteiger partial charge in [0.25, 0.3) is 0 Å². The number of pyridine rings is 1. The number of rotatable bonds is 8. The van der Waals surface area contributed by atoms with E-state index in [4.69, 9.17) is 14.2 Å². The van der Waals surface area contributed by atoms with Crippen molar-refractivity contribution >= 4 is 34.0 Å². The summed E-state index contributed by atoms with van der Waals surface area (Å²) in [6.07, 6.45) is 1.31. The predicted molar refractivity (Wildman–Crippen MR) is 121 cm³/mol. The lowest BCUT2D eigenvalue weighted by Crippen LogP contribution is -2.27. The molecule has 0 radical (unpaired) electrons. The minimum atomic E-state index is -3.00. The number of ether oxygens (including phenoxy) is 3. The number of nitrogens with one attached hydrogen (secondary N) is 1. The first-order valence-corrected chi connectivity index (χ1v) is 12.2. The Balaban J connectivity index is 3.13. The van der Waals surface area contributed by atoms with Gasteiger partial charge in [-0.3, -0.25) is 5.32 Å². The van der Waals surface area contributed by atoms with Crippen LogP contribution in [0, 0.1) is 0 Å². The Hall–Kier alpha value is -2.69. The zero-order valence-electron chi connectivity index (χ0n) is 19.7. The molecule has 1 aromatic rings. The molecule has 0 spiro atoms. The van der Waals surface area contributed by atoms with Gasteiger partial charge in [-0.1, -0.05) is 0 Å². The molecule has 1 rings (SSSR count). The van der Waals surface area contributed by atoms with E-state index in [9.17, 15) is 18.6 Å². The second-order valence-corrected chi connectivity index (χ2v) is 11.5. The van der Waals surface area contributed by atoms with Crippen LogP contribution in [0.15, 0.2) is 16.5 Å². The van der Waals surface area contributed by atoms with Crippen LogP contribution in [0.3, 0.4) is 0 Å². The Morgan fingerprint density at radius 2 is 1.75 bits per heavy atom.